The van der Waals surface area contributed by atoms with Gasteiger partial charge in [0.25, 0.3) is 15.9 Å². The molecule has 0 bridgehead atoms. The highest BCUT2D eigenvalue weighted by atomic mass is 32.2. The summed E-state index contributed by atoms with van der Waals surface area (Å²) >= 11 is 0. The van der Waals surface area contributed by atoms with Crippen molar-refractivity contribution in [3.05, 3.63) is 42.1 Å². The van der Waals surface area contributed by atoms with Gasteiger partial charge in [0.15, 0.2) is 5.03 Å². The van der Waals surface area contributed by atoms with Gasteiger partial charge in [-0.25, -0.2) is 14.7 Å². The number of hydrogen-bond acceptors (Lipinski definition) is 7. The summed E-state index contributed by atoms with van der Waals surface area (Å²) in [5, 5.41) is -0.157. The van der Waals surface area contributed by atoms with E-state index in [9.17, 15) is 13.2 Å². The molecule has 1 saturated heterocycles. The smallest absolute Gasteiger partial charge is 0.281 e. The SMILES string of the molecule is CCCN(CC1CC1)c1cccc(S(=O)(=O)NC(=O)c2cccnc2N2CC(C)CC2(C)C)n1. The van der Waals surface area contributed by atoms with Crippen LogP contribution < -0.4 is 14.5 Å². The Hall–Kier alpha value is -2.68. The van der Waals surface area contributed by atoms with Crippen molar-refractivity contribution >= 4 is 27.6 Å². The lowest BCUT2D eigenvalue weighted by Gasteiger charge is -2.33. The minimum atomic E-state index is -4.15. The van der Waals surface area contributed by atoms with Crippen LogP contribution in [0, 0.1) is 11.8 Å². The average molecular weight is 486 g/mol. The van der Waals surface area contributed by atoms with Crippen LogP contribution in [-0.4, -0.2) is 49.5 Å². The molecule has 1 saturated carbocycles. The molecule has 1 N–H and O–H groups in total. The molecular formula is C25H35N5O3S. The Balaban J connectivity index is 1.57. The summed E-state index contributed by atoms with van der Waals surface area (Å²) in [5.74, 6) is 1.53. The van der Waals surface area contributed by atoms with Crippen LogP contribution in [0.5, 0.6) is 0 Å². The Morgan fingerprint density at radius 2 is 2.00 bits per heavy atom. The molecular weight excluding hydrogens is 450 g/mol. The van der Waals surface area contributed by atoms with Crippen molar-refractivity contribution in [2.45, 2.75) is 63.9 Å². The fourth-order valence-electron chi connectivity index (χ4n) is 4.89. The monoisotopic (exact) mass is 485 g/mol. The molecule has 34 heavy (non-hydrogen) atoms. The highest BCUT2D eigenvalue weighted by Gasteiger charge is 2.39. The topological polar surface area (TPSA) is 95.5 Å². The molecule has 1 atom stereocenters. The number of rotatable bonds is 9. The van der Waals surface area contributed by atoms with Crippen LogP contribution in [-0.2, 0) is 10.0 Å². The number of pyridine rings is 2. The second kappa shape index (κ2) is 9.52. The van der Waals surface area contributed by atoms with Crippen molar-refractivity contribution < 1.29 is 13.2 Å². The number of carbonyl (C=O) groups excluding carboxylic acids is 1. The molecule has 1 aliphatic heterocycles. The predicted molar refractivity (Wildman–Crippen MR) is 134 cm³/mol. The first kappa shape index (κ1) is 24.4. The highest BCUT2D eigenvalue weighted by Crippen LogP contribution is 2.37. The van der Waals surface area contributed by atoms with E-state index in [1.165, 1.54) is 18.9 Å². The number of carbonyl (C=O) groups is 1. The van der Waals surface area contributed by atoms with E-state index in [0.29, 0.717) is 23.5 Å². The van der Waals surface area contributed by atoms with Gasteiger partial charge in [0.05, 0.1) is 5.56 Å². The van der Waals surface area contributed by atoms with E-state index in [2.05, 4.69) is 52.2 Å². The molecule has 0 spiro atoms. The average Bonchev–Trinajstić information content (AvgIpc) is 3.56. The second-order valence-electron chi connectivity index (χ2n) is 10.3. The third kappa shape index (κ3) is 5.35. The summed E-state index contributed by atoms with van der Waals surface area (Å²) in [4.78, 5) is 26.3. The molecule has 8 nitrogen and oxygen atoms in total. The zero-order chi connectivity index (χ0) is 24.5. The molecule has 2 fully saturated rings. The van der Waals surface area contributed by atoms with Gasteiger partial charge in [0, 0.05) is 31.4 Å². The van der Waals surface area contributed by atoms with Crippen molar-refractivity contribution in [1.29, 1.82) is 0 Å². The largest absolute Gasteiger partial charge is 0.356 e. The van der Waals surface area contributed by atoms with Gasteiger partial charge < -0.3 is 9.80 Å². The number of nitrogens with zero attached hydrogens (tertiary/aromatic N) is 4. The van der Waals surface area contributed by atoms with Crippen LogP contribution in [0.4, 0.5) is 11.6 Å². The maximum absolute atomic E-state index is 13.2. The van der Waals surface area contributed by atoms with Crippen molar-refractivity contribution in [1.82, 2.24) is 14.7 Å². The van der Waals surface area contributed by atoms with E-state index in [1.807, 2.05) is 6.07 Å². The zero-order valence-corrected chi connectivity index (χ0v) is 21.3. The van der Waals surface area contributed by atoms with Crippen molar-refractivity contribution in [3.63, 3.8) is 0 Å². The molecule has 1 unspecified atom stereocenters. The summed E-state index contributed by atoms with van der Waals surface area (Å²) in [6, 6.07) is 8.21. The fourth-order valence-corrected chi connectivity index (χ4v) is 5.82. The molecule has 0 radical (unpaired) electrons. The van der Waals surface area contributed by atoms with Gasteiger partial charge in [0.2, 0.25) is 0 Å². The molecule has 4 rings (SSSR count). The lowest BCUT2D eigenvalue weighted by Crippen LogP contribution is -2.41. The van der Waals surface area contributed by atoms with Crippen LogP contribution in [0.25, 0.3) is 0 Å². The molecule has 9 heteroatoms. The Kier molecular flexibility index (Phi) is 6.85. The van der Waals surface area contributed by atoms with Crippen molar-refractivity contribution in [2.75, 3.05) is 29.4 Å². The van der Waals surface area contributed by atoms with Crippen LogP contribution in [0.15, 0.2) is 41.6 Å². The number of hydrogen-bond donors (Lipinski definition) is 1. The van der Waals surface area contributed by atoms with Crippen molar-refractivity contribution in [2.24, 2.45) is 11.8 Å². The summed E-state index contributed by atoms with van der Waals surface area (Å²) in [7, 11) is -4.15. The molecule has 2 aliphatic rings. The minimum absolute atomic E-state index is 0.157. The van der Waals surface area contributed by atoms with Gasteiger partial charge >= 0.3 is 0 Å². The quantitative estimate of drug-likeness (QED) is 0.576. The van der Waals surface area contributed by atoms with E-state index in [4.69, 9.17) is 0 Å². The highest BCUT2D eigenvalue weighted by molar-refractivity contribution is 7.90. The van der Waals surface area contributed by atoms with Crippen molar-refractivity contribution in [3.8, 4) is 0 Å². The Labute approximate surface area is 202 Å². The van der Waals surface area contributed by atoms with Gasteiger partial charge in [-0.15, -0.1) is 0 Å². The number of sulfonamides is 1. The van der Waals surface area contributed by atoms with Gasteiger partial charge in [-0.2, -0.15) is 8.42 Å². The molecule has 2 aromatic heterocycles. The lowest BCUT2D eigenvalue weighted by atomic mass is 9.97. The normalized spacial score (nSPS) is 19.8. The lowest BCUT2D eigenvalue weighted by molar-refractivity contribution is 0.0981. The van der Waals surface area contributed by atoms with Gasteiger partial charge in [-0.05, 0) is 75.6 Å². The van der Waals surface area contributed by atoms with E-state index in [0.717, 1.165) is 32.5 Å². The van der Waals surface area contributed by atoms with Gasteiger partial charge in [-0.3, -0.25) is 4.79 Å². The summed E-state index contributed by atoms with van der Waals surface area (Å²) in [6.07, 6.45) is 5.95. The standard InChI is InChI=1S/C25H35N5O3S/c1-5-14-29(17-19-11-12-19)21-9-6-10-22(27-21)34(32,33)28-24(31)20-8-7-13-26-23(20)30-16-18(2)15-25(30,3)4/h6-10,13,18-19H,5,11-12,14-17H2,1-4H3,(H,28,31). The molecule has 0 aromatic carbocycles. The predicted octanol–water partition coefficient (Wildman–Crippen LogP) is 3.85. The third-order valence-electron chi connectivity index (χ3n) is 6.56. The fraction of sp³-hybridized carbons (Fsp3) is 0.560. The number of anilines is 2. The maximum Gasteiger partial charge on any atom is 0.281 e. The van der Waals surface area contributed by atoms with E-state index < -0.39 is 15.9 Å². The zero-order valence-electron chi connectivity index (χ0n) is 20.5. The van der Waals surface area contributed by atoms with E-state index in [-0.39, 0.29) is 16.1 Å². The van der Waals surface area contributed by atoms with E-state index in [1.54, 1.807) is 24.4 Å². The Morgan fingerprint density at radius 1 is 1.24 bits per heavy atom. The van der Waals surface area contributed by atoms with Crippen LogP contribution in [0.2, 0.25) is 0 Å². The Morgan fingerprint density at radius 3 is 2.65 bits per heavy atom. The molecule has 184 valence electrons. The second-order valence-corrected chi connectivity index (χ2v) is 11.9. The first-order chi connectivity index (χ1) is 16.1. The number of nitrogens with one attached hydrogen (secondary N) is 1. The molecule has 1 amide bonds. The summed E-state index contributed by atoms with van der Waals surface area (Å²) in [6.45, 7) is 10.9. The first-order valence-electron chi connectivity index (χ1n) is 12.1. The maximum atomic E-state index is 13.2. The third-order valence-corrected chi connectivity index (χ3v) is 7.80. The van der Waals surface area contributed by atoms with E-state index >= 15 is 0 Å². The first-order valence-corrected chi connectivity index (χ1v) is 13.6. The van der Waals surface area contributed by atoms with Crippen LogP contribution >= 0.6 is 0 Å². The summed E-state index contributed by atoms with van der Waals surface area (Å²) < 4.78 is 28.5. The Bertz CT molecular complexity index is 1150. The number of aromatic nitrogens is 2. The van der Waals surface area contributed by atoms with Gasteiger partial charge in [-0.1, -0.05) is 19.9 Å². The summed E-state index contributed by atoms with van der Waals surface area (Å²) in [5.41, 5.74) is 0.0627. The molecule has 2 aromatic rings. The molecule has 1 aliphatic carbocycles. The molecule has 3 heterocycles. The van der Waals surface area contributed by atoms with Gasteiger partial charge in [0.1, 0.15) is 11.6 Å². The van der Waals surface area contributed by atoms with Crippen LogP contribution in [0.1, 0.15) is 63.7 Å². The number of amides is 1. The van der Waals surface area contributed by atoms with Crippen LogP contribution in [0.3, 0.4) is 0 Å². The minimum Gasteiger partial charge on any atom is -0.356 e.